The molecule has 1 aromatic carbocycles. The van der Waals surface area contributed by atoms with Gasteiger partial charge in [0.2, 0.25) is 0 Å². The predicted octanol–water partition coefficient (Wildman–Crippen LogP) is 3.44. The van der Waals surface area contributed by atoms with Crippen LogP contribution in [0.25, 0.3) is 0 Å². The van der Waals surface area contributed by atoms with Gasteiger partial charge in [0.25, 0.3) is 5.56 Å². The summed E-state index contributed by atoms with van der Waals surface area (Å²) in [4.78, 5) is 26.1. The summed E-state index contributed by atoms with van der Waals surface area (Å²) < 4.78 is 7.69. The molecule has 6 nitrogen and oxygen atoms in total. The Morgan fingerprint density at radius 2 is 1.96 bits per heavy atom. The van der Waals surface area contributed by atoms with Crippen molar-refractivity contribution in [2.24, 2.45) is 0 Å². The fourth-order valence-electron chi connectivity index (χ4n) is 3.18. The van der Waals surface area contributed by atoms with Crippen molar-refractivity contribution in [3.63, 3.8) is 0 Å². The third-order valence-corrected chi connectivity index (χ3v) is 5.03. The molecule has 2 fully saturated rings. The van der Waals surface area contributed by atoms with Crippen LogP contribution in [0.5, 0.6) is 5.75 Å². The molecule has 26 heavy (non-hydrogen) atoms. The molecule has 2 amide bonds. The number of para-hydroxylation sites is 1. The number of hydrogen-bond donors (Lipinski definition) is 1. The van der Waals surface area contributed by atoms with Crippen LogP contribution in [0.2, 0.25) is 5.02 Å². The van der Waals surface area contributed by atoms with Crippen LogP contribution in [0.4, 0.5) is 10.5 Å². The number of carbonyl (C=O) groups is 1. The lowest BCUT2D eigenvalue weighted by Gasteiger charge is -2.38. The van der Waals surface area contributed by atoms with E-state index in [2.05, 4.69) is 5.32 Å². The molecule has 136 valence electrons. The molecule has 2 aromatic rings. The molecular weight excluding hydrogens is 354 g/mol. The Labute approximate surface area is 156 Å². The lowest BCUT2D eigenvalue weighted by molar-refractivity contribution is 0.0490. The molecule has 0 atom stereocenters. The van der Waals surface area contributed by atoms with Gasteiger partial charge in [-0.2, -0.15) is 0 Å². The first-order valence-corrected chi connectivity index (χ1v) is 9.09. The van der Waals surface area contributed by atoms with E-state index in [0.29, 0.717) is 35.6 Å². The van der Waals surface area contributed by atoms with Gasteiger partial charge in [0.05, 0.1) is 23.8 Å². The number of aromatic nitrogens is 1. The molecule has 1 N–H and O–H groups in total. The van der Waals surface area contributed by atoms with Crippen molar-refractivity contribution in [3.05, 3.63) is 57.5 Å². The van der Waals surface area contributed by atoms with Crippen LogP contribution in [0.15, 0.2) is 41.2 Å². The summed E-state index contributed by atoms with van der Waals surface area (Å²) in [5.74, 6) is 0.570. The summed E-state index contributed by atoms with van der Waals surface area (Å²) in [7, 11) is 0. The third kappa shape index (κ3) is 3.42. The number of amides is 2. The van der Waals surface area contributed by atoms with E-state index < -0.39 is 0 Å². The molecule has 0 bridgehead atoms. The number of likely N-dealkylation sites (tertiary alicyclic amines) is 1. The van der Waals surface area contributed by atoms with E-state index in [0.717, 1.165) is 18.5 Å². The minimum atomic E-state index is -0.210. The average molecular weight is 374 g/mol. The van der Waals surface area contributed by atoms with Crippen LogP contribution in [0.3, 0.4) is 0 Å². The van der Waals surface area contributed by atoms with Crippen molar-refractivity contribution in [3.8, 4) is 5.75 Å². The van der Waals surface area contributed by atoms with E-state index in [1.54, 1.807) is 17.0 Å². The van der Waals surface area contributed by atoms with E-state index in [1.807, 2.05) is 29.7 Å². The van der Waals surface area contributed by atoms with E-state index in [4.69, 9.17) is 16.3 Å². The van der Waals surface area contributed by atoms with Gasteiger partial charge in [-0.25, -0.2) is 4.79 Å². The molecule has 0 unspecified atom stereocenters. The zero-order valence-corrected chi connectivity index (χ0v) is 15.2. The molecule has 1 saturated carbocycles. The third-order valence-electron chi connectivity index (χ3n) is 4.70. The lowest BCUT2D eigenvalue weighted by atomic mass is 10.2. The van der Waals surface area contributed by atoms with E-state index >= 15 is 0 Å². The Morgan fingerprint density at radius 1 is 1.23 bits per heavy atom. The van der Waals surface area contributed by atoms with Gasteiger partial charge in [0.1, 0.15) is 11.9 Å². The SMILES string of the molecule is Cc1cc(OC2CN(C(=O)Nc3ccccc3Cl)C2)cc(=O)n1C1CC1. The van der Waals surface area contributed by atoms with Gasteiger partial charge in [-0.15, -0.1) is 0 Å². The highest BCUT2D eigenvalue weighted by molar-refractivity contribution is 6.33. The molecule has 1 aromatic heterocycles. The standard InChI is InChI=1S/C19H20ClN3O3/c1-12-8-14(9-18(24)23(12)13-6-7-13)26-15-10-22(11-15)19(25)21-17-5-3-2-4-16(17)20/h2-5,8-9,13,15H,6-7,10-11H2,1H3,(H,21,25). The summed E-state index contributed by atoms with van der Waals surface area (Å²) in [5, 5.41) is 3.29. The van der Waals surface area contributed by atoms with Crippen LogP contribution >= 0.6 is 11.6 Å². The predicted molar refractivity (Wildman–Crippen MR) is 100 cm³/mol. The fraction of sp³-hybridized carbons (Fsp3) is 0.368. The molecular formula is C19H20ClN3O3. The minimum absolute atomic E-state index is 0.0184. The van der Waals surface area contributed by atoms with Crippen molar-refractivity contribution in [2.45, 2.75) is 31.9 Å². The number of pyridine rings is 1. The van der Waals surface area contributed by atoms with Crippen LogP contribution in [0.1, 0.15) is 24.6 Å². The summed E-state index contributed by atoms with van der Waals surface area (Å²) in [5.41, 5.74) is 1.49. The van der Waals surface area contributed by atoms with Gasteiger partial charge in [-0.1, -0.05) is 23.7 Å². The maximum Gasteiger partial charge on any atom is 0.322 e. The molecule has 2 aliphatic rings. The van der Waals surface area contributed by atoms with Gasteiger partial charge >= 0.3 is 6.03 Å². The number of hydrogen-bond acceptors (Lipinski definition) is 3. The Kier molecular flexibility index (Phi) is 4.36. The highest BCUT2D eigenvalue weighted by Crippen LogP contribution is 2.35. The molecule has 1 aliphatic heterocycles. The number of rotatable bonds is 4. The number of urea groups is 1. The molecule has 0 radical (unpaired) electrons. The Hall–Kier alpha value is -2.47. The Morgan fingerprint density at radius 3 is 2.62 bits per heavy atom. The number of carbonyl (C=O) groups excluding carboxylic acids is 1. The monoisotopic (exact) mass is 373 g/mol. The van der Waals surface area contributed by atoms with Crippen LogP contribution in [-0.4, -0.2) is 34.7 Å². The second kappa shape index (κ2) is 6.68. The molecule has 7 heteroatoms. The second-order valence-electron chi connectivity index (χ2n) is 6.83. The van der Waals surface area contributed by atoms with Crippen LogP contribution < -0.4 is 15.6 Å². The smallest absolute Gasteiger partial charge is 0.322 e. The van der Waals surface area contributed by atoms with Crippen LogP contribution in [-0.2, 0) is 0 Å². The van der Waals surface area contributed by atoms with Gasteiger partial charge in [0.15, 0.2) is 0 Å². The molecule has 2 heterocycles. The zero-order chi connectivity index (χ0) is 18.3. The molecule has 4 rings (SSSR count). The van der Waals surface area contributed by atoms with E-state index in [9.17, 15) is 9.59 Å². The number of halogens is 1. The molecule has 1 aliphatic carbocycles. The number of benzene rings is 1. The van der Waals surface area contributed by atoms with Gasteiger partial charge < -0.3 is 19.5 Å². The Balaban J connectivity index is 1.33. The van der Waals surface area contributed by atoms with Crippen molar-refractivity contribution in [1.82, 2.24) is 9.47 Å². The van der Waals surface area contributed by atoms with E-state index in [-0.39, 0.29) is 17.7 Å². The zero-order valence-electron chi connectivity index (χ0n) is 14.4. The first-order chi connectivity index (χ1) is 12.5. The molecule has 0 spiro atoms. The summed E-state index contributed by atoms with van der Waals surface area (Å²) in [6.45, 7) is 2.87. The topological polar surface area (TPSA) is 63.6 Å². The summed E-state index contributed by atoms with van der Waals surface area (Å²) in [6, 6.07) is 10.7. The minimum Gasteiger partial charge on any atom is -0.486 e. The fourth-order valence-corrected chi connectivity index (χ4v) is 3.36. The van der Waals surface area contributed by atoms with Gasteiger partial charge in [0, 0.05) is 17.8 Å². The average Bonchev–Trinajstić information content (AvgIpc) is 3.36. The highest BCUT2D eigenvalue weighted by atomic mass is 35.5. The summed E-state index contributed by atoms with van der Waals surface area (Å²) in [6.07, 6.45) is 2.03. The molecule has 1 saturated heterocycles. The van der Waals surface area contributed by atoms with Crippen molar-refractivity contribution in [1.29, 1.82) is 0 Å². The largest absolute Gasteiger partial charge is 0.486 e. The van der Waals surface area contributed by atoms with Crippen LogP contribution in [0, 0.1) is 6.92 Å². The number of nitrogens with zero attached hydrogens (tertiary/aromatic N) is 2. The normalized spacial score (nSPS) is 16.9. The van der Waals surface area contributed by atoms with Crippen molar-refractivity contribution in [2.75, 3.05) is 18.4 Å². The number of aryl methyl sites for hydroxylation is 1. The first-order valence-electron chi connectivity index (χ1n) is 8.71. The van der Waals surface area contributed by atoms with E-state index in [1.165, 1.54) is 6.07 Å². The van der Waals surface area contributed by atoms with Gasteiger partial charge in [-0.05, 0) is 38.0 Å². The second-order valence-corrected chi connectivity index (χ2v) is 7.23. The number of nitrogens with one attached hydrogen (secondary N) is 1. The van der Waals surface area contributed by atoms with Crippen molar-refractivity contribution < 1.29 is 9.53 Å². The maximum absolute atomic E-state index is 12.2. The number of ether oxygens (including phenoxy) is 1. The quantitative estimate of drug-likeness (QED) is 0.892. The highest BCUT2D eigenvalue weighted by Gasteiger charge is 2.33. The summed E-state index contributed by atoms with van der Waals surface area (Å²) >= 11 is 6.05. The maximum atomic E-state index is 12.2. The van der Waals surface area contributed by atoms with Gasteiger partial charge in [-0.3, -0.25) is 4.79 Å². The lowest BCUT2D eigenvalue weighted by Crippen LogP contribution is -2.57. The Bertz CT molecular complexity index is 901. The van der Waals surface area contributed by atoms with Crippen molar-refractivity contribution >= 4 is 23.3 Å². The first kappa shape index (κ1) is 17.0. The number of anilines is 1.